The first-order valence-corrected chi connectivity index (χ1v) is 7.24. The van der Waals surface area contributed by atoms with Crippen LogP contribution >= 0.6 is 11.5 Å². The molecule has 0 saturated heterocycles. The molecule has 0 spiro atoms. The van der Waals surface area contributed by atoms with Gasteiger partial charge in [-0.3, -0.25) is 0 Å². The molecule has 19 heavy (non-hydrogen) atoms. The van der Waals surface area contributed by atoms with Crippen molar-refractivity contribution in [3.8, 4) is 6.07 Å². The van der Waals surface area contributed by atoms with Crippen molar-refractivity contribution < 1.29 is 0 Å². The van der Waals surface area contributed by atoms with E-state index in [9.17, 15) is 0 Å². The van der Waals surface area contributed by atoms with Crippen molar-refractivity contribution in [3.05, 3.63) is 41.1 Å². The van der Waals surface area contributed by atoms with E-state index in [-0.39, 0.29) is 0 Å². The van der Waals surface area contributed by atoms with Crippen molar-refractivity contribution in [3.63, 3.8) is 0 Å². The molecule has 0 unspecified atom stereocenters. The molecule has 2 aromatic rings. The lowest BCUT2D eigenvalue weighted by molar-refractivity contribution is 0.795. The molecule has 0 saturated carbocycles. The Labute approximate surface area is 118 Å². The van der Waals surface area contributed by atoms with Gasteiger partial charge >= 0.3 is 0 Å². The maximum absolute atomic E-state index is 9.08. The number of rotatable bonds is 5. The fraction of sp³-hybridized carbons (Fsp3) is 0.333. The smallest absolute Gasteiger partial charge is 0.132 e. The van der Waals surface area contributed by atoms with Crippen LogP contribution in [0.25, 0.3) is 0 Å². The second kappa shape index (κ2) is 6.35. The Morgan fingerprint density at radius 1 is 1.32 bits per heavy atom. The van der Waals surface area contributed by atoms with Gasteiger partial charge in [0.05, 0.1) is 5.69 Å². The van der Waals surface area contributed by atoms with E-state index in [0.29, 0.717) is 5.56 Å². The lowest BCUT2D eigenvalue weighted by atomic mass is 10.1. The number of aromatic nitrogens is 1. The number of hydrogen-bond donors (Lipinski definition) is 1. The van der Waals surface area contributed by atoms with Gasteiger partial charge in [-0.1, -0.05) is 25.5 Å². The SMILES string of the molecule is CCCCc1ccc(Nc2snc(C)c2C#N)cc1. The molecule has 2 rings (SSSR count). The van der Waals surface area contributed by atoms with Crippen LogP contribution in [0.2, 0.25) is 0 Å². The minimum atomic E-state index is 0.639. The van der Waals surface area contributed by atoms with Gasteiger partial charge in [-0.15, -0.1) is 0 Å². The summed E-state index contributed by atoms with van der Waals surface area (Å²) in [5.41, 5.74) is 3.78. The molecule has 0 amide bonds. The van der Waals surface area contributed by atoms with Gasteiger partial charge < -0.3 is 5.32 Å². The van der Waals surface area contributed by atoms with Crippen LogP contribution in [0, 0.1) is 18.3 Å². The number of nitriles is 1. The Balaban J connectivity index is 2.09. The standard InChI is InChI=1S/C15H17N3S/c1-3-4-5-12-6-8-13(9-7-12)17-15-14(10-16)11(2)18-19-15/h6-9,17H,3-5H2,1-2H3. The van der Waals surface area contributed by atoms with Crippen molar-refractivity contribution in [2.45, 2.75) is 33.1 Å². The summed E-state index contributed by atoms with van der Waals surface area (Å²) in [6.07, 6.45) is 3.56. The van der Waals surface area contributed by atoms with E-state index >= 15 is 0 Å². The third-order valence-corrected chi connectivity index (χ3v) is 3.86. The Bertz CT molecular complexity index is 578. The van der Waals surface area contributed by atoms with Crippen LogP contribution in [0.1, 0.15) is 36.6 Å². The minimum Gasteiger partial charge on any atom is -0.345 e. The Hall–Kier alpha value is -1.86. The topological polar surface area (TPSA) is 48.7 Å². The van der Waals surface area contributed by atoms with Crippen LogP contribution < -0.4 is 5.32 Å². The lowest BCUT2D eigenvalue weighted by Gasteiger charge is -2.05. The molecular formula is C15H17N3S. The average molecular weight is 271 g/mol. The molecule has 1 heterocycles. The maximum Gasteiger partial charge on any atom is 0.132 e. The van der Waals surface area contributed by atoms with Gasteiger partial charge in [-0.2, -0.15) is 9.64 Å². The molecule has 0 radical (unpaired) electrons. The van der Waals surface area contributed by atoms with Crippen molar-refractivity contribution in [2.24, 2.45) is 0 Å². The zero-order valence-electron chi connectivity index (χ0n) is 11.2. The highest BCUT2D eigenvalue weighted by molar-refractivity contribution is 7.10. The molecular weight excluding hydrogens is 254 g/mol. The average Bonchev–Trinajstić information content (AvgIpc) is 2.78. The quantitative estimate of drug-likeness (QED) is 0.876. The lowest BCUT2D eigenvalue weighted by Crippen LogP contribution is -1.91. The fourth-order valence-electron chi connectivity index (χ4n) is 1.85. The summed E-state index contributed by atoms with van der Waals surface area (Å²) in [5.74, 6) is 0. The maximum atomic E-state index is 9.08. The van der Waals surface area contributed by atoms with Gasteiger partial charge in [0, 0.05) is 5.69 Å². The highest BCUT2D eigenvalue weighted by Gasteiger charge is 2.09. The molecule has 0 fully saturated rings. The zero-order valence-corrected chi connectivity index (χ0v) is 12.0. The highest BCUT2D eigenvalue weighted by Crippen LogP contribution is 2.27. The Morgan fingerprint density at radius 2 is 2.05 bits per heavy atom. The summed E-state index contributed by atoms with van der Waals surface area (Å²) >= 11 is 1.33. The van der Waals surface area contributed by atoms with Gasteiger partial charge in [0.15, 0.2) is 0 Å². The van der Waals surface area contributed by atoms with Crippen LogP contribution in [0.3, 0.4) is 0 Å². The van der Waals surface area contributed by atoms with Crippen LogP contribution in [-0.2, 0) is 6.42 Å². The Kier molecular flexibility index (Phi) is 4.53. The van der Waals surface area contributed by atoms with Crippen molar-refractivity contribution >= 4 is 22.2 Å². The molecule has 1 N–H and O–H groups in total. The van der Waals surface area contributed by atoms with E-state index in [2.05, 4.69) is 46.9 Å². The van der Waals surface area contributed by atoms with Crippen molar-refractivity contribution in [1.82, 2.24) is 4.37 Å². The summed E-state index contributed by atoms with van der Waals surface area (Å²) < 4.78 is 4.20. The fourth-order valence-corrected chi connectivity index (χ4v) is 2.62. The van der Waals surface area contributed by atoms with Gasteiger partial charge in [-0.05, 0) is 49.0 Å². The van der Waals surface area contributed by atoms with E-state index in [1.165, 1.54) is 29.9 Å². The zero-order chi connectivity index (χ0) is 13.7. The number of benzene rings is 1. The molecule has 0 atom stereocenters. The van der Waals surface area contributed by atoms with Gasteiger partial charge in [0.25, 0.3) is 0 Å². The molecule has 0 aliphatic rings. The summed E-state index contributed by atoms with van der Waals surface area (Å²) in [4.78, 5) is 0. The normalized spacial score (nSPS) is 10.2. The van der Waals surface area contributed by atoms with Crippen LogP contribution in [-0.4, -0.2) is 4.37 Å². The van der Waals surface area contributed by atoms with E-state index in [1.54, 1.807) is 0 Å². The second-order valence-corrected chi connectivity index (χ2v) is 5.28. The predicted octanol–water partition coefficient (Wildman–Crippen LogP) is 4.41. The monoisotopic (exact) mass is 271 g/mol. The number of aryl methyl sites for hydroxylation is 2. The number of nitrogens with zero attached hydrogens (tertiary/aromatic N) is 2. The van der Waals surface area contributed by atoms with Crippen LogP contribution in [0.15, 0.2) is 24.3 Å². The third kappa shape index (κ3) is 3.33. The van der Waals surface area contributed by atoms with E-state index < -0.39 is 0 Å². The largest absolute Gasteiger partial charge is 0.345 e. The molecule has 1 aromatic carbocycles. The Morgan fingerprint density at radius 3 is 2.68 bits per heavy atom. The minimum absolute atomic E-state index is 0.639. The first kappa shape index (κ1) is 13.6. The van der Waals surface area contributed by atoms with Gasteiger partial charge in [-0.25, -0.2) is 0 Å². The van der Waals surface area contributed by atoms with Crippen LogP contribution in [0.5, 0.6) is 0 Å². The molecule has 1 aromatic heterocycles. The second-order valence-electron chi connectivity index (χ2n) is 4.51. The number of unbranched alkanes of at least 4 members (excludes halogenated alkanes) is 1. The number of nitrogens with one attached hydrogen (secondary N) is 1. The van der Waals surface area contributed by atoms with Gasteiger partial charge in [0.2, 0.25) is 0 Å². The number of hydrogen-bond acceptors (Lipinski definition) is 4. The number of anilines is 2. The molecule has 3 nitrogen and oxygen atoms in total. The van der Waals surface area contributed by atoms with Gasteiger partial charge in [0.1, 0.15) is 16.6 Å². The first-order valence-electron chi connectivity index (χ1n) is 6.47. The van der Waals surface area contributed by atoms with E-state index in [4.69, 9.17) is 5.26 Å². The first-order chi connectivity index (χ1) is 9.24. The summed E-state index contributed by atoms with van der Waals surface area (Å²) in [7, 11) is 0. The molecule has 98 valence electrons. The molecule has 0 bridgehead atoms. The third-order valence-electron chi connectivity index (χ3n) is 3.01. The van der Waals surface area contributed by atoms with Crippen molar-refractivity contribution in [1.29, 1.82) is 5.26 Å². The van der Waals surface area contributed by atoms with Crippen molar-refractivity contribution in [2.75, 3.05) is 5.32 Å². The predicted molar refractivity (Wildman–Crippen MR) is 79.9 cm³/mol. The molecule has 0 aliphatic heterocycles. The summed E-state index contributed by atoms with van der Waals surface area (Å²) in [6.45, 7) is 4.06. The summed E-state index contributed by atoms with van der Waals surface area (Å²) in [5, 5.41) is 13.2. The van der Waals surface area contributed by atoms with E-state index in [1.807, 2.05) is 6.92 Å². The molecule has 0 aliphatic carbocycles. The van der Waals surface area contributed by atoms with Crippen LogP contribution in [0.4, 0.5) is 10.7 Å². The highest BCUT2D eigenvalue weighted by atomic mass is 32.1. The summed E-state index contributed by atoms with van der Waals surface area (Å²) in [6, 6.07) is 10.6. The van der Waals surface area contributed by atoms with E-state index in [0.717, 1.165) is 22.8 Å². The molecule has 4 heteroatoms.